The standard InChI is InChI=1S/C10H10N2OS/c1-5-8-4-11-7(3)12-10(8)14-9(5)6(2)13/h4H,1-3H3. The summed E-state index contributed by atoms with van der Waals surface area (Å²) in [5.41, 5.74) is 0.998. The van der Waals surface area contributed by atoms with E-state index in [1.165, 1.54) is 11.3 Å². The quantitative estimate of drug-likeness (QED) is 0.673. The minimum Gasteiger partial charge on any atom is -0.294 e. The third-order valence-electron chi connectivity index (χ3n) is 2.14. The number of hydrogen-bond donors (Lipinski definition) is 0. The van der Waals surface area contributed by atoms with Gasteiger partial charge in [-0.15, -0.1) is 11.3 Å². The first-order valence-electron chi connectivity index (χ1n) is 4.33. The highest BCUT2D eigenvalue weighted by molar-refractivity contribution is 7.20. The van der Waals surface area contributed by atoms with E-state index in [4.69, 9.17) is 0 Å². The molecule has 0 radical (unpaired) electrons. The molecule has 14 heavy (non-hydrogen) atoms. The molecule has 0 aromatic carbocycles. The zero-order chi connectivity index (χ0) is 10.3. The van der Waals surface area contributed by atoms with Crippen LogP contribution in [0.2, 0.25) is 0 Å². The van der Waals surface area contributed by atoms with Gasteiger partial charge in [0.25, 0.3) is 0 Å². The fourth-order valence-corrected chi connectivity index (χ4v) is 2.51. The van der Waals surface area contributed by atoms with Gasteiger partial charge >= 0.3 is 0 Å². The molecule has 2 aromatic rings. The zero-order valence-electron chi connectivity index (χ0n) is 8.29. The fraction of sp³-hybridized carbons (Fsp3) is 0.300. The Balaban J connectivity index is 2.79. The zero-order valence-corrected chi connectivity index (χ0v) is 9.10. The molecule has 0 N–H and O–H groups in total. The van der Waals surface area contributed by atoms with E-state index in [1.54, 1.807) is 13.1 Å². The summed E-state index contributed by atoms with van der Waals surface area (Å²) < 4.78 is 0. The maximum absolute atomic E-state index is 11.3. The lowest BCUT2D eigenvalue weighted by atomic mass is 10.2. The van der Waals surface area contributed by atoms with Crippen LogP contribution >= 0.6 is 11.3 Å². The Bertz CT molecular complexity index is 516. The van der Waals surface area contributed by atoms with Crippen LogP contribution in [0.25, 0.3) is 10.2 Å². The van der Waals surface area contributed by atoms with Crippen molar-refractivity contribution in [2.75, 3.05) is 0 Å². The van der Waals surface area contributed by atoms with E-state index in [-0.39, 0.29) is 5.78 Å². The molecule has 0 amide bonds. The van der Waals surface area contributed by atoms with E-state index in [2.05, 4.69) is 9.97 Å². The molecule has 0 spiro atoms. The number of carbonyl (C=O) groups is 1. The van der Waals surface area contributed by atoms with Gasteiger partial charge in [-0.25, -0.2) is 9.97 Å². The first-order valence-corrected chi connectivity index (χ1v) is 5.15. The average molecular weight is 206 g/mol. The van der Waals surface area contributed by atoms with Crippen molar-refractivity contribution < 1.29 is 4.79 Å². The molecular weight excluding hydrogens is 196 g/mol. The first-order chi connectivity index (χ1) is 6.59. The Labute approximate surface area is 85.8 Å². The summed E-state index contributed by atoms with van der Waals surface area (Å²) in [4.78, 5) is 21.4. The van der Waals surface area contributed by atoms with Gasteiger partial charge < -0.3 is 0 Å². The number of nitrogens with zero attached hydrogens (tertiary/aromatic N) is 2. The van der Waals surface area contributed by atoms with Gasteiger partial charge in [-0.3, -0.25) is 4.79 Å². The molecular formula is C10H10N2OS. The number of aryl methyl sites for hydroxylation is 2. The van der Waals surface area contributed by atoms with Gasteiger partial charge in [0.05, 0.1) is 4.88 Å². The SMILES string of the molecule is CC(=O)c1sc2nc(C)ncc2c1C. The van der Waals surface area contributed by atoms with E-state index < -0.39 is 0 Å². The predicted molar refractivity (Wildman–Crippen MR) is 56.9 cm³/mol. The van der Waals surface area contributed by atoms with Gasteiger partial charge in [-0.2, -0.15) is 0 Å². The van der Waals surface area contributed by atoms with Crippen molar-refractivity contribution >= 4 is 27.3 Å². The molecule has 0 bridgehead atoms. The van der Waals surface area contributed by atoms with Crippen LogP contribution in [0.3, 0.4) is 0 Å². The van der Waals surface area contributed by atoms with Gasteiger partial charge in [0.1, 0.15) is 10.7 Å². The highest BCUT2D eigenvalue weighted by atomic mass is 32.1. The number of hydrogen-bond acceptors (Lipinski definition) is 4. The summed E-state index contributed by atoms with van der Waals surface area (Å²) in [5, 5.41) is 0.991. The lowest BCUT2D eigenvalue weighted by molar-refractivity contribution is 0.102. The number of Topliss-reactive ketones (excluding diaryl/α,β-unsaturated/α-hetero) is 1. The average Bonchev–Trinajstić information content (AvgIpc) is 2.43. The second-order valence-corrected chi connectivity index (χ2v) is 4.25. The number of fused-ring (bicyclic) bond motifs is 1. The van der Waals surface area contributed by atoms with Gasteiger partial charge in [-0.1, -0.05) is 0 Å². The number of rotatable bonds is 1. The van der Waals surface area contributed by atoms with Crippen LogP contribution in [0.5, 0.6) is 0 Å². The van der Waals surface area contributed by atoms with Crippen molar-refractivity contribution in [3.8, 4) is 0 Å². The van der Waals surface area contributed by atoms with Crippen LogP contribution in [0.4, 0.5) is 0 Å². The molecule has 3 nitrogen and oxygen atoms in total. The molecule has 2 heterocycles. The molecule has 72 valence electrons. The molecule has 0 saturated heterocycles. The summed E-state index contributed by atoms with van der Waals surface area (Å²) in [5.74, 6) is 0.844. The monoisotopic (exact) mass is 206 g/mol. The van der Waals surface area contributed by atoms with Crippen molar-refractivity contribution in [1.82, 2.24) is 9.97 Å². The molecule has 0 aliphatic heterocycles. The lowest BCUT2D eigenvalue weighted by Gasteiger charge is -1.92. The van der Waals surface area contributed by atoms with Crippen molar-refractivity contribution in [2.24, 2.45) is 0 Å². The highest BCUT2D eigenvalue weighted by Gasteiger charge is 2.12. The summed E-state index contributed by atoms with van der Waals surface area (Å²) in [7, 11) is 0. The molecule has 0 saturated carbocycles. The first kappa shape index (κ1) is 9.27. The maximum atomic E-state index is 11.3. The smallest absolute Gasteiger partial charge is 0.170 e. The second kappa shape index (κ2) is 3.13. The second-order valence-electron chi connectivity index (χ2n) is 3.25. The van der Waals surface area contributed by atoms with E-state index in [1.807, 2.05) is 13.8 Å². The minimum absolute atomic E-state index is 0.100. The Morgan fingerprint density at radius 1 is 1.43 bits per heavy atom. The number of ketones is 1. The Kier molecular flexibility index (Phi) is 2.07. The number of carbonyl (C=O) groups excluding carboxylic acids is 1. The maximum Gasteiger partial charge on any atom is 0.170 e. The van der Waals surface area contributed by atoms with Gasteiger partial charge in [0, 0.05) is 11.6 Å². The third-order valence-corrected chi connectivity index (χ3v) is 3.44. The van der Waals surface area contributed by atoms with Gasteiger partial charge in [0.2, 0.25) is 0 Å². The summed E-state index contributed by atoms with van der Waals surface area (Å²) >= 11 is 1.45. The summed E-state index contributed by atoms with van der Waals surface area (Å²) in [6, 6.07) is 0. The van der Waals surface area contributed by atoms with Crippen LogP contribution in [0, 0.1) is 13.8 Å². The van der Waals surface area contributed by atoms with Crippen molar-refractivity contribution in [3.63, 3.8) is 0 Å². The molecule has 0 aliphatic carbocycles. The fourth-order valence-electron chi connectivity index (χ4n) is 1.42. The highest BCUT2D eigenvalue weighted by Crippen LogP contribution is 2.28. The predicted octanol–water partition coefficient (Wildman–Crippen LogP) is 2.51. The largest absolute Gasteiger partial charge is 0.294 e. The van der Waals surface area contributed by atoms with Crippen molar-refractivity contribution in [2.45, 2.75) is 20.8 Å². The van der Waals surface area contributed by atoms with Crippen molar-refractivity contribution in [1.29, 1.82) is 0 Å². The van der Waals surface area contributed by atoms with E-state index in [9.17, 15) is 4.79 Å². The molecule has 0 atom stereocenters. The molecule has 0 unspecified atom stereocenters. The Morgan fingerprint density at radius 2 is 2.14 bits per heavy atom. The molecule has 0 fully saturated rings. The minimum atomic E-state index is 0.100. The van der Waals surface area contributed by atoms with Crippen LogP contribution < -0.4 is 0 Å². The van der Waals surface area contributed by atoms with Crippen LogP contribution in [-0.4, -0.2) is 15.8 Å². The van der Waals surface area contributed by atoms with Crippen LogP contribution in [-0.2, 0) is 0 Å². The topological polar surface area (TPSA) is 42.9 Å². The lowest BCUT2D eigenvalue weighted by Crippen LogP contribution is -1.89. The van der Waals surface area contributed by atoms with E-state index in [0.717, 1.165) is 26.5 Å². The normalized spacial score (nSPS) is 10.8. The molecule has 0 aliphatic rings. The summed E-state index contributed by atoms with van der Waals surface area (Å²) in [6.07, 6.45) is 1.79. The molecule has 4 heteroatoms. The number of thiophene rings is 1. The molecule has 2 aromatic heterocycles. The Morgan fingerprint density at radius 3 is 2.79 bits per heavy atom. The van der Waals surface area contributed by atoms with Crippen molar-refractivity contribution in [3.05, 3.63) is 22.5 Å². The Hall–Kier alpha value is -1.29. The van der Waals surface area contributed by atoms with Gasteiger partial charge in [-0.05, 0) is 26.3 Å². The number of aromatic nitrogens is 2. The van der Waals surface area contributed by atoms with Gasteiger partial charge in [0.15, 0.2) is 5.78 Å². The third kappa shape index (κ3) is 1.32. The molecule has 2 rings (SSSR count). The van der Waals surface area contributed by atoms with Crippen LogP contribution in [0.1, 0.15) is 28.0 Å². The van der Waals surface area contributed by atoms with E-state index >= 15 is 0 Å². The summed E-state index contributed by atoms with van der Waals surface area (Å²) in [6.45, 7) is 5.37. The van der Waals surface area contributed by atoms with E-state index in [0.29, 0.717) is 0 Å². The van der Waals surface area contributed by atoms with Crippen LogP contribution in [0.15, 0.2) is 6.20 Å².